The van der Waals surface area contributed by atoms with Crippen molar-refractivity contribution in [1.82, 2.24) is 0 Å². The lowest BCUT2D eigenvalue weighted by atomic mass is 10.2. The summed E-state index contributed by atoms with van der Waals surface area (Å²) in [7, 11) is -3.06. The molecule has 0 radical (unpaired) electrons. The highest BCUT2D eigenvalue weighted by Gasteiger charge is 2.34. The van der Waals surface area contributed by atoms with Gasteiger partial charge in [-0.3, -0.25) is 0 Å². The highest BCUT2D eigenvalue weighted by atomic mass is 35.5. The monoisotopic (exact) mass is 291 g/mol. The maximum atomic E-state index is 13.0. The van der Waals surface area contributed by atoms with E-state index in [1.165, 1.54) is 18.4 Å². The van der Waals surface area contributed by atoms with Gasteiger partial charge in [0.15, 0.2) is 9.84 Å². The van der Waals surface area contributed by atoms with Crippen LogP contribution in [0.2, 0.25) is 5.02 Å². The molecule has 6 heteroatoms. The third-order valence-corrected chi connectivity index (χ3v) is 5.23. The van der Waals surface area contributed by atoms with Crippen LogP contribution < -0.4 is 5.32 Å². The first kappa shape index (κ1) is 13.6. The molecule has 1 aliphatic rings. The summed E-state index contributed by atoms with van der Waals surface area (Å²) in [5.41, 5.74) is 0.655. The van der Waals surface area contributed by atoms with Crippen LogP contribution in [0.15, 0.2) is 18.2 Å². The van der Waals surface area contributed by atoms with Crippen molar-refractivity contribution in [3.63, 3.8) is 0 Å². The maximum absolute atomic E-state index is 13.0. The molecule has 18 heavy (non-hydrogen) atoms. The predicted octanol–water partition coefficient (Wildman–Crippen LogP) is 2.86. The lowest BCUT2D eigenvalue weighted by Gasteiger charge is -2.20. The molecule has 1 aromatic rings. The largest absolute Gasteiger partial charge is 0.381 e. The zero-order chi connectivity index (χ0) is 13.3. The number of sulfone groups is 1. The van der Waals surface area contributed by atoms with E-state index in [1.54, 1.807) is 6.07 Å². The molecular weight excluding hydrogens is 277 g/mol. The van der Waals surface area contributed by atoms with E-state index in [0.29, 0.717) is 12.1 Å². The Morgan fingerprint density at radius 1 is 1.39 bits per heavy atom. The molecule has 0 spiro atoms. The Bertz CT molecular complexity index is 547. The van der Waals surface area contributed by atoms with Crippen LogP contribution in [0.3, 0.4) is 0 Å². The first-order valence-electron chi connectivity index (χ1n) is 5.78. The molecule has 0 saturated heterocycles. The fraction of sp³-hybridized carbons (Fsp3) is 0.500. The van der Waals surface area contributed by atoms with Gasteiger partial charge in [0.05, 0.1) is 10.3 Å². The van der Waals surface area contributed by atoms with E-state index >= 15 is 0 Å². The molecular formula is C12H15ClFNO2S. The molecule has 0 bridgehead atoms. The van der Waals surface area contributed by atoms with Gasteiger partial charge in [0.1, 0.15) is 5.82 Å². The van der Waals surface area contributed by atoms with E-state index < -0.39 is 15.7 Å². The highest BCUT2D eigenvalue weighted by molar-refractivity contribution is 7.91. The minimum absolute atomic E-state index is 0.0360. The number of nitrogens with one attached hydrogen (secondary N) is 1. The second-order valence-electron chi connectivity index (χ2n) is 4.68. The second kappa shape index (κ2) is 5.05. The summed E-state index contributed by atoms with van der Waals surface area (Å²) in [4.78, 5) is 0. The van der Waals surface area contributed by atoms with Gasteiger partial charge in [-0.05, 0) is 37.5 Å². The van der Waals surface area contributed by atoms with Crippen molar-refractivity contribution < 1.29 is 12.8 Å². The first-order valence-corrected chi connectivity index (χ1v) is 8.11. The fourth-order valence-electron chi connectivity index (χ4n) is 2.40. The van der Waals surface area contributed by atoms with Crippen molar-refractivity contribution in [2.45, 2.75) is 30.6 Å². The molecule has 2 atom stereocenters. The Morgan fingerprint density at radius 2 is 2.11 bits per heavy atom. The van der Waals surface area contributed by atoms with Crippen LogP contribution in [0.4, 0.5) is 10.1 Å². The van der Waals surface area contributed by atoms with Gasteiger partial charge in [0, 0.05) is 18.0 Å². The van der Waals surface area contributed by atoms with Gasteiger partial charge in [-0.15, -0.1) is 0 Å². The summed E-state index contributed by atoms with van der Waals surface area (Å²) < 4.78 is 36.3. The molecule has 1 aromatic carbocycles. The highest BCUT2D eigenvalue weighted by Crippen LogP contribution is 2.29. The third-order valence-electron chi connectivity index (χ3n) is 3.27. The van der Waals surface area contributed by atoms with Crippen molar-refractivity contribution in [1.29, 1.82) is 0 Å². The summed E-state index contributed by atoms with van der Waals surface area (Å²) >= 11 is 5.69. The van der Waals surface area contributed by atoms with E-state index in [2.05, 4.69) is 5.32 Å². The normalized spacial score (nSPS) is 24.2. The van der Waals surface area contributed by atoms with Crippen LogP contribution >= 0.6 is 11.6 Å². The fourth-order valence-corrected chi connectivity index (χ4v) is 3.98. The molecule has 2 rings (SSSR count). The quantitative estimate of drug-likeness (QED) is 0.931. The van der Waals surface area contributed by atoms with Crippen molar-refractivity contribution in [3.05, 3.63) is 29.0 Å². The van der Waals surface area contributed by atoms with Gasteiger partial charge in [-0.25, -0.2) is 12.8 Å². The van der Waals surface area contributed by atoms with Crippen LogP contribution in [-0.4, -0.2) is 26.0 Å². The Balaban J connectivity index is 2.16. The van der Waals surface area contributed by atoms with Gasteiger partial charge < -0.3 is 5.32 Å². The van der Waals surface area contributed by atoms with E-state index in [1.807, 2.05) is 0 Å². The summed E-state index contributed by atoms with van der Waals surface area (Å²) in [5, 5.41) is 2.80. The molecule has 1 N–H and O–H groups in total. The van der Waals surface area contributed by atoms with Crippen LogP contribution in [-0.2, 0) is 9.84 Å². The van der Waals surface area contributed by atoms with Gasteiger partial charge in [-0.2, -0.15) is 0 Å². The summed E-state index contributed by atoms with van der Waals surface area (Å²) in [6.07, 6.45) is 3.61. The van der Waals surface area contributed by atoms with Crippen LogP contribution in [0.25, 0.3) is 0 Å². The molecule has 3 nitrogen and oxygen atoms in total. The smallest absolute Gasteiger partial charge is 0.152 e. The SMILES string of the molecule is CS(=O)(=O)C1CCCC1Nc1ccc(F)c(Cl)c1. The minimum atomic E-state index is -3.06. The molecule has 1 fully saturated rings. The molecule has 1 saturated carbocycles. The average molecular weight is 292 g/mol. The average Bonchev–Trinajstić information content (AvgIpc) is 2.71. The maximum Gasteiger partial charge on any atom is 0.152 e. The van der Waals surface area contributed by atoms with E-state index in [9.17, 15) is 12.8 Å². The lowest BCUT2D eigenvalue weighted by Crippen LogP contribution is -2.34. The zero-order valence-electron chi connectivity index (χ0n) is 9.99. The van der Waals surface area contributed by atoms with E-state index in [-0.39, 0.29) is 16.3 Å². The lowest BCUT2D eigenvalue weighted by molar-refractivity contribution is 0.579. The minimum Gasteiger partial charge on any atom is -0.381 e. The zero-order valence-corrected chi connectivity index (χ0v) is 11.6. The van der Waals surface area contributed by atoms with Gasteiger partial charge in [0.2, 0.25) is 0 Å². The molecule has 0 heterocycles. The molecule has 0 amide bonds. The van der Waals surface area contributed by atoms with Crippen molar-refractivity contribution >= 4 is 27.1 Å². The van der Waals surface area contributed by atoms with Crippen LogP contribution in [0.1, 0.15) is 19.3 Å². The number of rotatable bonds is 3. The molecule has 1 aliphatic carbocycles. The van der Waals surface area contributed by atoms with Crippen molar-refractivity contribution in [3.8, 4) is 0 Å². The summed E-state index contributed by atoms with van der Waals surface area (Å²) in [5.74, 6) is -0.478. The van der Waals surface area contributed by atoms with E-state index in [4.69, 9.17) is 11.6 Å². The Morgan fingerprint density at radius 3 is 2.72 bits per heavy atom. The number of anilines is 1. The Hall–Kier alpha value is -0.810. The van der Waals surface area contributed by atoms with Gasteiger partial charge >= 0.3 is 0 Å². The molecule has 2 unspecified atom stereocenters. The summed E-state index contributed by atoms with van der Waals surface area (Å²) in [6, 6.07) is 4.20. The molecule has 0 aliphatic heterocycles. The van der Waals surface area contributed by atoms with Crippen molar-refractivity contribution in [2.24, 2.45) is 0 Å². The summed E-state index contributed by atoms with van der Waals surface area (Å²) in [6.45, 7) is 0. The third kappa shape index (κ3) is 2.95. The van der Waals surface area contributed by atoms with Crippen LogP contribution in [0, 0.1) is 5.82 Å². The predicted molar refractivity (Wildman–Crippen MR) is 71.3 cm³/mol. The number of halogens is 2. The number of hydrogen-bond donors (Lipinski definition) is 1. The first-order chi connectivity index (χ1) is 8.38. The van der Waals surface area contributed by atoms with Gasteiger partial charge in [-0.1, -0.05) is 11.6 Å². The topological polar surface area (TPSA) is 46.2 Å². The van der Waals surface area contributed by atoms with Gasteiger partial charge in [0.25, 0.3) is 0 Å². The molecule has 100 valence electrons. The standard InChI is InChI=1S/C12H15ClFNO2S/c1-18(16,17)12-4-2-3-11(12)15-8-5-6-10(14)9(13)7-8/h5-7,11-12,15H,2-4H2,1H3. The molecule has 0 aromatic heterocycles. The van der Waals surface area contributed by atoms with E-state index in [0.717, 1.165) is 12.8 Å². The van der Waals surface area contributed by atoms with Crippen molar-refractivity contribution in [2.75, 3.05) is 11.6 Å². The Kier molecular flexibility index (Phi) is 3.82. The Labute approximate surface area is 111 Å². The second-order valence-corrected chi connectivity index (χ2v) is 7.35. The number of hydrogen-bond acceptors (Lipinski definition) is 3. The number of benzene rings is 1. The van der Waals surface area contributed by atoms with Crippen LogP contribution in [0.5, 0.6) is 0 Å².